The first kappa shape index (κ1) is 7.54. The van der Waals surface area contributed by atoms with Gasteiger partial charge in [-0.25, -0.2) is 0 Å². The molecule has 2 aliphatic rings. The number of carbonyl (C=O) groups is 1. The molecule has 1 aliphatic carbocycles. The Morgan fingerprint density at radius 2 is 1.82 bits per heavy atom. The second-order valence-electron chi connectivity index (χ2n) is 1.99. The van der Waals surface area contributed by atoms with E-state index in [-0.39, 0.29) is 0 Å². The molecule has 0 radical (unpaired) electrons. The van der Waals surface area contributed by atoms with Crippen LogP contribution in [0.15, 0.2) is 41.2 Å². The van der Waals surface area contributed by atoms with Crippen molar-refractivity contribution in [3.63, 3.8) is 0 Å². The molecule has 0 aromatic rings. The summed E-state index contributed by atoms with van der Waals surface area (Å²) >= 11 is 0. The molecule has 0 unspecified atom stereocenters. The van der Waals surface area contributed by atoms with E-state index in [0.29, 0.717) is 0 Å². The van der Waals surface area contributed by atoms with E-state index in [1.807, 2.05) is 25.0 Å². The van der Waals surface area contributed by atoms with Crippen LogP contribution in [0.4, 0.5) is 0 Å². The minimum Gasteiger partial charge on any atom is -0.472 e. The van der Waals surface area contributed by atoms with Crippen LogP contribution in [-0.2, 0) is 4.79 Å². The zero-order valence-corrected chi connectivity index (χ0v) is 5.99. The summed E-state index contributed by atoms with van der Waals surface area (Å²) in [5.41, 5.74) is 2.40. The molecule has 1 heterocycles. The van der Waals surface area contributed by atoms with E-state index in [2.05, 4.69) is 6.07 Å². The highest BCUT2D eigenvalue weighted by Gasteiger charge is 1.97. The fourth-order valence-electron chi connectivity index (χ4n) is 0.932. The normalized spacial score (nSPS) is 8.73. The monoisotopic (exact) mass is 148 g/mol. The SMILES string of the molecule is C=O.c1cc2ccocc-2c1. The first-order valence-corrected chi connectivity index (χ1v) is 3.16. The van der Waals surface area contributed by atoms with Gasteiger partial charge < -0.3 is 9.21 Å². The molecule has 1 aliphatic heterocycles. The standard InChI is InChI=1S/C8H6O.CH2O/c1-2-7-4-5-9-6-8(7)3-1;1-2/h1-6H;1H2. The van der Waals surface area contributed by atoms with Crippen LogP contribution < -0.4 is 0 Å². The predicted molar refractivity (Wildman–Crippen MR) is 42.5 cm³/mol. The third-order valence-electron chi connectivity index (χ3n) is 1.41. The Morgan fingerprint density at radius 1 is 1.09 bits per heavy atom. The average Bonchev–Trinajstić information content (AvgIpc) is 2.55. The lowest BCUT2D eigenvalue weighted by Gasteiger charge is -1.91. The predicted octanol–water partition coefficient (Wildman–Crippen LogP) is 2.20. The van der Waals surface area contributed by atoms with Crippen LogP contribution in [0.5, 0.6) is 0 Å². The van der Waals surface area contributed by atoms with Gasteiger partial charge in [-0.15, -0.1) is 0 Å². The third kappa shape index (κ3) is 1.46. The summed E-state index contributed by atoms with van der Waals surface area (Å²) in [6, 6.07) is 8.05. The van der Waals surface area contributed by atoms with Crippen LogP contribution in [0.3, 0.4) is 0 Å². The summed E-state index contributed by atoms with van der Waals surface area (Å²) in [7, 11) is 0. The Kier molecular flexibility index (Phi) is 2.44. The van der Waals surface area contributed by atoms with Crippen LogP contribution in [0.1, 0.15) is 0 Å². The van der Waals surface area contributed by atoms with Gasteiger partial charge in [-0.2, -0.15) is 0 Å². The molecule has 2 heteroatoms. The van der Waals surface area contributed by atoms with Crippen LogP contribution in [0.2, 0.25) is 0 Å². The molecule has 2 rings (SSSR count). The van der Waals surface area contributed by atoms with Gasteiger partial charge in [-0.05, 0) is 11.6 Å². The second kappa shape index (κ2) is 3.56. The van der Waals surface area contributed by atoms with Gasteiger partial charge >= 0.3 is 0 Å². The summed E-state index contributed by atoms with van der Waals surface area (Å²) in [6.45, 7) is 2.00. The van der Waals surface area contributed by atoms with Crippen molar-refractivity contribution in [2.24, 2.45) is 0 Å². The maximum Gasteiger partial charge on any atom is 0.106 e. The van der Waals surface area contributed by atoms with E-state index >= 15 is 0 Å². The molecule has 56 valence electrons. The molecule has 0 amide bonds. The van der Waals surface area contributed by atoms with Crippen LogP contribution in [0, 0.1) is 0 Å². The summed E-state index contributed by atoms with van der Waals surface area (Å²) in [5.74, 6) is 0. The number of rotatable bonds is 0. The molecule has 11 heavy (non-hydrogen) atoms. The zero-order valence-electron chi connectivity index (χ0n) is 5.99. The van der Waals surface area contributed by atoms with E-state index in [4.69, 9.17) is 9.21 Å². The molecular formula is C9H8O2. The number of fused-ring (bicyclic) bond motifs is 1. The fourth-order valence-corrected chi connectivity index (χ4v) is 0.932. The summed E-state index contributed by atoms with van der Waals surface area (Å²) < 4.78 is 4.95. The quantitative estimate of drug-likeness (QED) is 0.573. The van der Waals surface area contributed by atoms with Crippen LogP contribution in [-0.4, -0.2) is 6.79 Å². The molecule has 2 nitrogen and oxygen atoms in total. The molecule has 0 saturated heterocycles. The summed E-state index contributed by atoms with van der Waals surface area (Å²) in [6.07, 6.45) is 3.43. The highest BCUT2D eigenvalue weighted by molar-refractivity contribution is 5.64. The Balaban J connectivity index is 0.000000281. The van der Waals surface area contributed by atoms with Gasteiger partial charge in [-0.3, -0.25) is 0 Å². The number of carbonyl (C=O) groups excluding carboxylic acids is 1. The number of hydrogen-bond donors (Lipinski definition) is 0. The molecule has 0 N–H and O–H groups in total. The highest BCUT2D eigenvalue weighted by Crippen LogP contribution is 2.20. The van der Waals surface area contributed by atoms with Gasteiger partial charge in [0.15, 0.2) is 0 Å². The third-order valence-corrected chi connectivity index (χ3v) is 1.41. The fraction of sp³-hybridized carbons (Fsp3) is 0. The highest BCUT2D eigenvalue weighted by atomic mass is 16.3. The number of hydrogen-bond acceptors (Lipinski definition) is 2. The maximum absolute atomic E-state index is 8.00. The van der Waals surface area contributed by atoms with Crippen LogP contribution >= 0.6 is 0 Å². The maximum atomic E-state index is 8.00. The first-order chi connectivity index (χ1) is 5.47. The van der Waals surface area contributed by atoms with Crippen LogP contribution in [0.25, 0.3) is 11.1 Å². The van der Waals surface area contributed by atoms with Crippen molar-refractivity contribution in [1.29, 1.82) is 0 Å². The molecular weight excluding hydrogens is 140 g/mol. The van der Waals surface area contributed by atoms with Crippen molar-refractivity contribution in [2.75, 3.05) is 0 Å². The minimum absolute atomic E-state index is 1.16. The van der Waals surface area contributed by atoms with Crippen molar-refractivity contribution >= 4 is 6.79 Å². The molecule has 0 aromatic carbocycles. The molecule has 0 fully saturated rings. The van der Waals surface area contributed by atoms with Gasteiger partial charge in [0.1, 0.15) is 6.79 Å². The van der Waals surface area contributed by atoms with Crippen molar-refractivity contribution in [3.8, 4) is 11.1 Å². The molecule has 0 bridgehead atoms. The Bertz CT molecular complexity index is 260. The topological polar surface area (TPSA) is 30.2 Å². The van der Waals surface area contributed by atoms with E-state index in [1.165, 1.54) is 5.56 Å². The molecule has 0 spiro atoms. The summed E-state index contributed by atoms with van der Waals surface area (Å²) in [5, 5.41) is 0. The minimum atomic E-state index is 1.16. The van der Waals surface area contributed by atoms with Gasteiger partial charge in [0.25, 0.3) is 0 Å². The zero-order chi connectivity index (χ0) is 8.10. The average molecular weight is 148 g/mol. The van der Waals surface area contributed by atoms with E-state index in [1.54, 1.807) is 12.5 Å². The van der Waals surface area contributed by atoms with Crippen molar-refractivity contribution < 1.29 is 9.21 Å². The van der Waals surface area contributed by atoms with E-state index in [0.717, 1.165) is 5.56 Å². The van der Waals surface area contributed by atoms with Crippen molar-refractivity contribution in [1.82, 2.24) is 0 Å². The van der Waals surface area contributed by atoms with Gasteiger partial charge in [-0.1, -0.05) is 18.2 Å². The summed E-state index contributed by atoms with van der Waals surface area (Å²) in [4.78, 5) is 8.00. The van der Waals surface area contributed by atoms with E-state index < -0.39 is 0 Å². The molecule has 0 aromatic heterocycles. The van der Waals surface area contributed by atoms with Crippen molar-refractivity contribution in [2.45, 2.75) is 0 Å². The lowest BCUT2D eigenvalue weighted by Crippen LogP contribution is -1.67. The Morgan fingerprint density at radius 3 is 2.55 bits per heavy atom. The van der Waals surface area contributed by atoms with E-state index in [9.17, 15) is 0 Å². The largest absolute Gasteiger partial charge is 0.472 e. The lowest BCUT2D eigenvalue weighted by atomic mass is 10.2. The lowest BCUT2D eigenvalue weighted by molar-refractivity contribution is -0.0979. The molecule has 0 atom stereocenters. The first-order valence-electron chi connectivity index (χ1n) is 3.16. The van der Waals surface area contributed by atoms with Gasteiger partial charge in [0, 0.05) is 5.56 Å². The van der Waals surface area contributed by atoms with Gasteiger partial charge in [0.2, 0.25) is 0 Å². The Labute approximate surface area is 64.8 Å². The molecule has 0 saturated carbocycles. The second-order valence-corrected chi connectivity index (χ2v) is 1.99. The van der Waals surface area contributed by atoms with Gasteiger partial charge in [0.05, 0.1) is 12.5 Å². The Hall–Kier alpha value is -1.57. The van der Waals surface area contributed by atoms with Crippen molar-refractivity contribution in [3.05, 3.63) is 36.8 Å². The smallest absolute Gasteiger partial charge is 0.106 e.